The third-order valence-corrected chi connectivity index (χ3v) is 1.58. The lowest BCUT2D eigenvalue weighted by molar-refractivity contribution is 0.141. The summed E-state index contributed by atoms with van der Waals surface area (Å²) in [6.07, 6.45) is -0.0886. The van der Waals surface area contributed by atoms with Crippen molar-refractivity contribution in [2.24, 2.45) is 11.7 Å². The second kappa shape index (κ2) is 4.34. The van der Waals surface area contributed by atoms with E-state index < -0.39 is 6.10 Å². The molecular weight excluding hydrogens is 170 g/mol. The van der Waals surface area contributed by atoms with Crippen LogP contribution in [0.2, 0.25) is 0 Å². The molecule has 1 atom stereocenters. The standard InChI is InChI=1S/C8H15N3O2/c1-5(2)3-7-10-8(13-11-7)6(12)4-9/h5-6,12H,3-4,9H2,1-2H3. The normalized spacial score (nSPS) is 13.6. The summed E-state index contributed by atoms with van der Waals surface area (Å²) >= 11 is 0. The Morgan fingerprint density at radius 1 is 1.54 bits per heavy atom. The van der Waals surface area contributed by atoms with E-state index in [4.69, 9.17) is 10.3 Å². The molecule has 5 heteroatoms. The molecule has 1 aromatic rings. The maximum atomic E-state index is 9.26. The minimum absolute atomic E-state index is 0.101. The molecule has 0 fully saturated rings. The van der Waals surface area contributed by atoms with Crippen LogP contribution in [0.25, 0.3) is 0 Å². The first-order valence-corrected chi connectivity index (χ1v) is 4.34. The number of aromatic nitrogens is 2. The van der Waals surface area contributed by atoms with Crippen molar-refractivity contribution in [2.75, 3.05) is 6.54 Å². The fourth-order valence-corrected chi connectivity index (χ4v) is 0.952. The Kier molecular flexibility index (Phi) is 3.39. The monoisotopic (exact) mass is 185 g/mol. The van der Waals surface area contributed by atoms with Gasteiger partial charge >= 0.3 is 0 Å². The lowest BCUT2D eigenvalue weighted by Gasteiger charge is -1.98. The Hall–Kier alpha value is -0.940. The molecule has 3 N–H and O–H groups in total. The van der Waals surface area contributed by atoms with Crippen LogP contribution in [0.15, 0.2) is 4.52 Å². The molecule has 1 aromatic heterocycles. The van der Waals surface area contributed by atoms with Crippen molar-refractivity contribution in [3.05, 3.63) is 11.7 Å². The largest absolute Gasteiger partial charge is 0.382 e. The molecule has 0 aromatic carbocycles. The highest BCUT2D eigenvalue weighted by molar-refractivity contribution is 4.90. The fourth-order valence-electron chi connectivity index (χ4n) is 0.952. The van der Waals surface area contributed by atoms with E-state index in [1.54, 1.807) is 0 Å². The minimum atomic E-state index is -0.839. The highest BCUT2D eigenvalue weighted by atomic mass is 16.5. The average Bonchev–Trinajstić information content (AvgIpc) is 2.50. The number of hydrogen-bond acceptors (Lipinski definition) is 5. The Labute approximate surface area is 76.9 Å². The van der Waals surface area contributed by atoms with Crippen molar-refractivity contribution < 1.29 is 9.63 Å². The Morgan fingerprint density at radius 3 is 2.77 bits per heavy atom. The molecule has 0 aliphatic heterocycles. The van der Waals surface area contributed by atoms with E-state index in [-0.39, 0.29) is 12.4 Å². The van der Waals surface area contributed by atoms with Gasteiger partial charge in [0.05, 0.1) is 0 Å². The highest BCUT2D eigenvalue weighted by Gasteiger charge is 2.14. The molecule has 0 radical (unpaired) electrons. The van der Waals surface area contributed by atoms with E-state index in [1.807, 2.05) is 0 Å². The van der Waals surface area contributed by atoms with Crippen LogP contribution >= 0.6 is 0 Å². The molecule has 0 aliphatic carbocycles. The third kappa shape index (κ3) is 2.78. The van der Waals surface area contributed by atoms with E-state index in [9.17, 15) is 5.11 Å². The SMILES string of the molecule is CC(C)Cc1noc(C(O)CN)n1. The zero-order valence-electron chi connectivity index (χ0n) is 7.90. The molecule has 1 rings (SSSR count). The van der Waals surface area contributed by atoms with Gasteiger partial charge in [-0.2, -0.15) is 4.98 Å². The van der Waals surface area contributed by atoms with Gasteiger partial charge in [0.2, 0.25) is 0 Å². The zero-order chi connectivity index (χ0) is 9.84. The minimum Gasteiger partial charge on any atom is -0.382 e. The van der Waals surface area contributed by atoms with Crippen molar-refractivity contribution in [1.29, 1.82) is 0 Å². The van der Waals surface area contributed by atoms with Gasteiger partial charge in [0.15, 0.2) is 5.82 Å². The summed E-state index contributed by atoms with van der Waals surface area (Å²) in [5.41, 5.74) is 5.24. The number of nitrogens with zero attached hydrogens (tertiary/aromatic N) is 2. The molecule has 0 aliphatic rings. The molecule has 5 nitrogen and oxygen atoms in total. The second-order valence-corrected chi connectivity index (χ2v) is 3.40. The Balaban J connectivity index is 2.63. The van der Waals surface area contributed by atoms with Gasteiger partial charge in [0.1, 0.15) is 6.10 Å². The van der Waals surface area contributed by atoms with E-state index in [2.05, 4.69) is 24.0 Å². The average molecular weight is 185 g/mol. The van der Waals surface area contributed by atoms with Crippen molar-refractivity contribution in [2.45, 2.75) is 26.4 Å². The molecule has 0 amide bonds. The van der Waals surface area contributed by atoms with Gasteiger partial charge in [0.25, 0.3) is 5.89 Å². The van der Waals surface area contributed by atoms with Gasteiger partial charge in [-0.05, 0) is 5.92 Å². The molecule has 1 unspecified atom stereocenters. The van der Waals surface area contributed by atoms with Gasteiger partial charge in [0, 0.05) is 13.0 Å². The number of rotatable bonds is 4. The fraction of sp³-hybridized carbons (Fsp3) is 0.750. The number of aliphatic hydroxyl groups is 1. The summed E-state index contributed by atoms with van der Waals surface area (Å²) in [7, 11) is 0. The van der Waals surface area contributed by atoms with Gasteiger partial charge in [-0.15, -0.1) is 0 Å². The second-order valence-electron chi connectivity index (χ2n) is 3.40. The molecular formula is C8H15N3O2. The van der Waals surface area contributed by atoms with Crippen molar-refractivity contribution in [1.82, 2.24) is 10.1 Å². The molecule has 13 heavy (non-hydrogen) atoms. The summed E-state index contributed by atoms with van der Waals surface area (Å²) in [6, 6.07) is 0. The summed E-state index contributed by atoms with van der Waals surface area (Å²) < 4.78 is 4.83. The van der Waals surface area contributed by atoms with Crippen molar-refractivity contribution in [3.63, 3.8) is 0 Å². The van der Waals surface area contributed by atoms with Gasteiger partial charge in [-0.3, -0.25) is 0 Å². The van der Waals surface area contributed by atoms with Gasteiger partial charge < -0.3 is 15.4 Å². The quantitative estimate of drug-likeness (QED) is 0.702. The molecule has 0 spiro atoms. The summed E-state index contributed by atoms with van der Waals surface area (Å²) in [6.45, 7) is 4.23. The van der Waals surface area contributed by atoms with Gasteiger partial charge in [-0.1, -0.05) is 19.0 Å². The molecule has 74 valence electrons. The van der Waals surface area contributed by atoms with Crippen LogP contribution < -0.4 is 5.73 Å². The van der Waals surface area contributed by atoms with Gasteiger partial charge in [-0.25, -0.2) is 0 Å². The van der Waals surface area contributed by atoms with Crippen molar-refractivity contribution in [3.8, 4) is 0 Å². The van der Waals surface area contributed by atoms with Crippen LogP contribution in [0, 0.1) is 5.92 Å². The predicted octanol–water partition coefficient (Wildman–Crippen LogP) is 0.260. The zero-order valence-corrected chi connectivity index (χ0v) is 7.90. The summed E-state index contributed by atoms with van der Waals surface area (Å²) in [4.78, 5) is 4.01. The van der Waals surface area contributed by atoms with Crippen LogP contribution in [-0.4, -0.2) is 21.8 Å². The number of nitrogens with two attached hydrogens (primary N) is 1. The highest BCUT2D eigenvalue weighted by Crippen LogP contribution is 2.10. The van der Waals surface area contributed by atoms with Crippen molar-refractivity contribution >= 4 is 0 Å². The van der Waals surface area contributed by atoms with Crippen LogP contribution in [0.3, 0.4) is 0 Å². The van der Waals surface area contributed by atoms with E-state index >= 15 is 0 Å². The molecule has 1 heterocycles. The van der Waals surface area contributed by atoms with E-state index in [0.29, 0.717) is 11.7 Å². The maximum Gasteiger partial charge on any atom is 0.256 e. The number of aliphatic hydroxyl groups excluding tert-OH is 1. The smallest absolute Gasteiger partial charge is 0.256 e. The van der Waals surface area contributed by atoms with Crippen LogP contribution in [0.1, 0.15) is 31.7 Å². The Bertz CT molecular complexity index is 260. The summed E-state index contributed by atoms with van der Waals surface area (Å²) in [5.74, 6) is 1.30. The predicted molar refractivity (Wildman–Crippen MR) is 46.9 cm³/mol. The summed E-state index contributed by atoms with van der Waals surface area (Å²) in [5, 5.41) is 13.0. The van der Waals surface area contributed by atoms with E-state index in [1.165, 1.54) is 0 Å². The third-order valence-electron chi connectivity index (χ3n) is 1.58. The van der Waals surface area contributed by atoms with Crippen LogP contribution in [0.4, 0.5) is 0 Å². The maximum absolute atomic E-state index is 9.26. The number of hydrogen-bond donors (Lipinski definition) is 2. The van der Waals surface area contributed by atoms with Crippen LogP contribution in [0.5, 0.6) is 0 Å². The Morgan fingerprint density at radius 2 is 2.23 bits per heavy atom. The molecule has 0 saturated carbocycles. The van der Waals surface area contributed by atoms with E-state index in [0.717, 1.165) is 6.42 Å². The molecule has 0 bridgehead atoms. The first-order valence-electron chi connectivity index (χ1n) is 4.34. The first-order chi connectivity index (χ1) is 6.13. The van der Waals surface area contributed by atoms with Crippen LogP contribution in [-0.2, 0) is 6.42 Å². The lowest BCUT2D eigenvalue weighted by Crippen LogP contribution is -2.11. The first kappa shape index (κ1) is 10.1. The molecule has 0 saturated heterocycles. The lowest BCUT2D eigenvalue weighted by atomic mass is 10.1. The topological polar surface area (TPSA) is 85.2 Å².